The third-order valence-electron chi connectivity index (χ3n) is 2.69. The normalized spacial score (nSPS) is 12.9. The van der Waals surface area contributed by atoms with E-state index < -0.39 is 0 Å². The number of hydrogen-bond acceptors (Lipinski definition) is 5. The molecule has 0 aliphatic rings. The zero-order valence-corrected chi connectivity index (χ0v) is 9.73. The van der Waals surface area contributed by atoms with Gasteiger partial charge in [-0.15, -0.1) is 0 Å². The molecular formula is C10H19N5. The van der Waals surface area contributed by atoms with E-state index in [1.165, 1.54) is 0 Å². The van der Waals surface area contributed by atoms with Crippen LogP contribution >= 0.6 is 0 Å². The minimum Gasteiger partial charge on any atom is -0.383 e. The summed E-state index contributed by atoms with van der Waals surface area (Å²) in [5.74, 6) is 1.92. The molecule has 1 aromatic rings. The van der Waals surface area contributed by atoms with E-state index in [0.717, 1.165) is 5.82 Å². The molecule has 1 heterocycles. The molecule has 0 aliphatic carbocycles. The predicted molar refractivity (Wildman–Crippen MR) is 63.6 cm³/mol. The highest BCUT2D eigenvalue weighted by molar-refractivity contribution is 5.50. The zero-order valence-electron chi connectivity index (χ0n) is 9.73. The second kappa shape index (κ2) is 4.33. The van der Waals surface area contributed by atoms with E-state index in [0.29, 0.717) is 17.8 Å². The monoisotopic (exact) mass is 209 g/mol. The second-order valence-corrected chi connectivity index (χ2v) is 4.10. The molecular weight excluding hydrogens is 190 g/mol. The Morgan fingerprint density at radius 1 is 1.20 bits per heavy atom. The van der Waals surface area contributed by atoms with Gasteiger partial charge in [0.2, 0.25) is 5.95 Å². The van der Waals surface area contributed by atoms with Crippen LogP contribution in [-0.2, 0) is 0 Å². The first-order valence-electron chi connectivity index (χ1n) is 5.04. The number of nitrogen functional groups attached to an aromatic ring is 2. The standard InChI is InChI=1S/C10H19N5/c1-6(2)7(3)15(4)9-5-8(11)13-10(12)14-9/h5-7H,1-4H3,(H4,11,12,13,14). The first-order chi connectivity index (χ1) is 6.91. The van der Waals surface area contributed by atoms with Crippen molar-refractivity contribution in [1.29, 1.82) is 0 Å². The van der Waals surface area contributed by atoms with Gasteiger partial charge in [0.1, 0.15) is 11.6 Å². The van der Waals surface area contributed by atoms with Crippen LogP contribution in [0.2, 0.25) is 0 Å². The summed E-state index contributed by atoms with van der Waals surface area (Å²) in [4.78, 5) is 10.0. The second-order valence-electron chi connectivity index (χ2n) is 4.10. The molecule has 15 heavy (non-hydrogen) atoms. The lowest BCUT2D eigenvalue weighted by molar-refractivity contribution is 0.503. The minimum absolute atomic E-state index is 0.216. The highest BCUT2D eigenvalue weighted by Crippen LogP contribution is 2.19. The van der Waals surface area contributed by atoms with Crippen LogP contribution < -0.4 is 16.4 Å². The molecule has 0 saturated heterocycles. The van der Waals surface area contributed by atoms with Gasteiger partial charge in [0.25, 0.3) is 0 Å². The number of aromatic nitrogens is 2. The lowest BCUT2D eigenvalue weighted by Crippen LogP contribution is -2.34. The number of nitrogens with zero attached hydrogens (tertiary/aromatic N) is 3. The molecule has 0 fully saturated rings. The molecule has 1 rings (SSSR count). The van der Waals surface area contributed by atoms with Crippen LogP contribution in [0, 0.1) is 5.92 Å². The fourth-order valence-electron chi connectivity index (χ4n) is 1.31. The molecule has 1 unspecified atom stereocenters. The van der Waals surface area contributed by atoms with Crippen molar-refractivity contribution in [2.75, 3.05) is 23.4 Å². The maximum absolute atomic E-state index is 5.62. The molecule has 1 atom stereocenters. The Kier molecular flexibility index (Phi) is 3.34. The molecule has 0 aliphatic heterocycles. The topological polar surface area (TPSA) is 81.1 Å². The number of hydrogen-bond donors (Lipinski definition) is 2. The highest BCUT2D eigenvalue weighted by Gasteiger charge is 2.15. The number of nitrogens with two attached hydrogens (primary N) is 2. The van der Waals surface area contributed by atoms with Gasteiger partial charge in [-0.3, -0.25) is 0 Å². The summed E-state index contributed by atoms with van der Waals surface area (Å²) >= 11 is 0. The fraction of sp³-hybridized carbons (Fsp3) is 0.600. The fourth-order valence-corrected chi connectivity index (χ4v) is 1.31. The average molecular weight is 209 g/mol. The van der Waals surface area contributed by atoms with Gasteiger partial charge < -0.3 is 16.4 Å². The van der Waals surface area contributed by atoms with Crippen molar-refractivity contribution in [2.45, 2.75) is 26.8 Å². The maximum atomic E-state index is 5.62. The SMILES string of the molecule is CC(C)C(C)N(C)c1cc(N)nc(N)n1. The van der Waals surface area contributed by atoms with Gasteiger partial charge in [-0.2, -0.15) is 9.97 Å². The Labute approximate surface area is 90.5 Å². The summed E-state index contributed by atoms with van der Waals surface area (Å²) in [7, 11) is 1.98. The Morgan fingerprint density at radius 3 is 2.27 bits per heavy atom. The molecule has 4 N–H and O–H groups in total. The van der Waals surface area contributed by atoms with E-state index in [-0.39, 0.29) is 5.95 Å². The average Bonchev–Trinajstić information content (AvgIpc) is 2.13. The molecule has 0 amide bonds. The lowest BCUT2D eigenvalue weighted by atomic mass is 10.1. The number of rotatable bonds is 3. The molecule has 84 valence electrons. The maximum Gasteiger partial charge on any atom is 0.223 e. The van der Waals surface area contributed by atoms with Crippen LogP contribution in [0.25, 0.3) is 0 Å². The van der Waals surface area contributed by atoms with Crippen LogP contribution in [0.3, 0.4) is 0 Å². The van der Waals surface area contributed by atoms with E-state index in [9.17, 15) is 0 Å². The summed E-state index contributed by atoms with van der Waals surface area (Å²) < 4.78 is 0. The summed E-state index contributed by atoms with van der Waals surface area (Å²) in [6.45, 7) is 6.46. The first-order valence-corrected chi connectivity index (χ1v) is 5.04. The largest absolute Gasteiger partial charge is 0.383 e. The van der Waals surface area contributed by atoms with Crippen molar-refractivity contribution in [2.24, 2.45) is 5.92 Å². The van der Waals surface area contributed by atoms with Gasteiger partial charge in [-0.05, 0) is 12.8 Å². The van der Waals surface area contributed by atoms with Crippen molar-refractivity contribution in [3.63, 3.8) is 0 Å². The zero-order chi connectivity index (χ0) is 11.6. The van der Waals surface area contributed by atoms with Gasteiger partial charge >= 0.3 is 0 Å². The van der Waals surface area contributed by atoms with Crippen LogP contribution in [0.1, 0.15) is 20.8 Å². The Balaban J connectivity index is 2.95. The molecule has 1 aromatic heterocycles. The first kappa shape index (κ1) is 11.6. The van der Waals surface area contributed by atoms with Crippen molar-refractivity contribution >= 4 is 17.6 Å². The third-order valence-corrected chi connectivity index (χ3v) is 2.69. The van der Waals surface area contributed by atoms with Crippen molar-refractivity contribution in [3.05, 3.63) is 6.07 Å². The van der Waals surface area contributed by atoms with Gasteiger partial charge in [0, 0.05) is 19.2 Å². The van der Waals surface area contributed by atoms with Crippen molar-refractivity contribution in [1.82, 2.24) is 9.97 Å². The van der Waals surface area contributed by atoms with Gasteiger partial charge in [-0.1, -0.05) is 13.8 Å². The number of anilines is 3. The van der Waals surface area contributed by atoms with E-state index >= 15 is 0 Å². The molecule has 0 aromatic carbocycles. The third kappa shape index (κ3) is 2.71. The Bertz CT molecular complexity index is 316. The minimum atomic E-state index is 0.216. The molecule has 0 bridgehead atoms. The summed E-state index contributed by atoms with van der Waals surface area (Å²) in [6.07, 6.45) is 0. The highest BCUT2D eigenvalue weighted by atomic mass is 15.2. The van der Waals surface area contributed by atoms with Gasteiger partial charge in [-0.25, -0.2) is 0 Å². The molecule has 0 saturated carbocycles. The predicted octanol–water partition coefficient (Wildman–Crippen LogP) is 1.12. The Morgan fingerprint density at radius 2 is 1.80 bits per heavy atom. The smallest absolute Gasteiger partial charge is 0.223 e. The van der Waals surface area contributed by atoms with Crippen LogP contribution in [0.5, 0.6) is 0 Å². The summed E-state index contributed by atoms with van der Waals surface area (Å²) in [5.41, 5.74) is 11.2. The van der Waals surface area contributed by atoms with Crippen molar-refractivity contribution < 1.29 is 0 Å². The van der Waals surface area contributed by atoms with E-state index in [4.69, 9.17) is 11.5 Å². The van der Waals surface area contributed by atoms with Gasteiger partial charge in [0.15, 0.2) is 0 Å². The molecule has 5 heteroatoms. The van der Waals surface area contributed by atoms with Crippen LogP contribution in [0.4, 0.5) is 17.6 Å². The van der Waals surface area contributed by atoms with E-state index in [1.54, 1.807) is 6.07 Å². The van der Waals surface area contributed by atoms with Crippen molar-refractivity contribution in [3.8, 4) is 0 Å². The quantitative estimate of drug-likeness (QED) is 0.779. The molecule has 0 spiro atoms. The summed E-state index contributed by atoms with van der Waals surface area (Å²) in [5, 5.41) is 0. The molecule has 5 nitrogen and oxygen atoms in total. The van der Waals surface area contributed by atoms with Crippen LogP contribution in [0.15, 0.2) is 6.07 Å². The van der Waals surface area contributed by atoms with E-state index in [2.05, 4.69) is 35.6 Å². The summed E-state index contributed by atoms with van der Waals surface area (Å²) in [6, 6.07) is 2.11. The van der Waals surface area contributed by atoms with E-state index in [1.807, 2.05) is 7.05 Å². The van der Waals surface area contributed by atoms with Gasteiger partial charge in [0.05, 0.1) is 0 Å². The molecule has 0 radical (unpaired) electrons. The van der Waals surface area contributed by atoms with Crippen LogP contribution in [-0.4, -0.2) is 23.1 Å². The lowest BCUT2D eigenvalue weighted by Gasteiger charge is -2.29. The Hall–Kier alpha value is -1.52.